The lowest BCUT2D eigenvalue weighted by Gasteiger charge is -2.21. The molecule has 2 heterocycles. The minimum atomic E-state index is 0. The quantitative estimate of drug-likeness (QED) is 0.316. The van der Waals surface area contributed by atoms with Crippen LogP contribution in [0.15, 0.2) is 23.2 Å². The summed E-state index contributed by atoms with van der Waals surface area (Å²) >= 11 is 0. The fourth-order valence-electron chi connectivity index (χ4n) is 3.81. The largest absolute Gasteiger partial charge is 0.493 e. The van der Waals surface area contributed by atoms with E-state index in [1.54, 1.807) is 0 Å². The lowest BCUT2D eigenvalue weighted by molar-refractivity contribution is 0.166. The van der Waals surface area contributed by atoms with Crippen LogP contribution in [-0.2, 0) is 11.3 Å². The molecule has 6 nitrogen and oxygen atoms in total. The maximum Gasteiger partial charge on any atom is 0.191 e. The minimum Gasteiger partial charge on any atom is -0.493 e. The van der Waals surface area contributed by atoms with Crippen molar-refractivity contribution in [2.45, 2.75) is 45.7 Å². The molecule has 0 amide bonds. The van der Waals surface area contributed by atoms with Gasteiger partial charge in [0.05, 0.1) is 19.8 Å². The number of likely N-dealkylation sites (N-methyl/N-ethyl adjacent to an activating group) is 1. The summed E-state index contributed by atoms with van der Waals surface area (Å²) in [5.74, 6) is 2.32. The Morgan fingerprint density at radius 1 is 1.31 bits per heavy atom. The Balaban J connectivity index is 0.00000300. The lowest BCUT2D eigenvalue weighted by Crippen LogP contribution is -2.44. The number of nitrogens with zero attached hydrogens (tertiary/aromatic N) is 2. The normalized spacial score (nSPS) is 22.4. The third-order valence-electron chi connectivity index (χ3n) is 5.65. The molecule has 0 saturated carbocycles. The highest BCUT2D eigenvalue weighted by Crippen LogP contribution is 2.23. The van der Waals surface area contributed by atoms with E-state index in [1.807, 2.05) is 0 Å². The fraction of sp³-hybridized carbons (Fsp3) is 0.682. The topological polar surface area (TPSA) is 58.1 Å². The Labute approximate surface area is 192 Å². The number of likely N-dealkylation sites (tertiary alicyclic amines) is 1. The third kappa shape index (κ3) is 7.61. The molecule has 0 radical (unpaired) electrons. The van der Waals surface area contributed by atoms with Gasteiger partial charge < -0.3 is 25.0 Å². The second-order valence-electron chi connectivity index (χ2n) is 8.00. The maximum atomic E-state index is 6.15. The summed E-state index contributed by atoms with van der Waals surface area (Å²) in [7, 11) is 2.20. The number of hydrogen-bond donors (Lipinski definition) is 2. The van der Waals surface area contributed by atoms with Crippen molar-refractivity contribution in [2.24, 2.45) is 10.9 Å². The Bertz CT molecular complexity index is 650. The van der Waals surface area contributed by atoms with Crippen LogP contribution in [0, 0.1) is 12.8 Å². The minimum absolute atomic E-state index is 0. The van der Waals surface area contributed by atoms with Gasteiger partial charge in [0.2, 0.25) is 0 Å². The second kappa shape index (κ2) is 12.6. The molecule has 1 aromatic rings. The van der Waals surface area contributed by atoms with Crippen molar-refractivity contribution in [1.29, 1.82) is 0 Å². The molecule has 7 heteroatoms. The van der Waals surface area contributed by atoms with Crippen LogP contribution in [0.5, 0.6) is 5.75 Å². The highest BCUT2D eigenvalue weighted by molar-refractivity contribution is 14.0. The highest BCUT2D eigenvalue weighted by Gasteiger charge is 2.21. The molecular formula is C22H37IN4O2. The van der Waals surface area contributed by atoms with Gasteiger partial charge in [0.1, 0.15) is 5.75 Å². The molecule has 0 aromatic heterocycles. The van der Waals surface area contributed by atoms with Gasteiger partial charge in [0, 0.05) is 37.2 Å². The molecular weight excluding hydrogens is 479 g/mol. The van der Waals surface area contributed by atoms with Crippen LogP contribution < -0.4 is 15.4 Å². The van der Waals surface area contributed by atoms with Gasteiger partial charge in [-0.15, -0.1) is 24.0 Å². The van der Waals surface area contributed by atoms with Crippen LogP contribution >= 0.6 is 24.0 Å². The van der Waals surface area contributed by atoms with Gasteiger partial charge >= 0.3 is 0 Å². The van der Waals surface area contributed by atoms with Gasteiger partial charge in [-0.2, -0.15) is 0 Å². The van der Waals surface area contributed by atoms with E-state index in [2.05, 4.69) is 54.6 Å². The van der Waals surface area contributed by atoms with E-state index in [-0.39, 0.29) is 24.0 Å². The van der Waals surface area contributed by atoms with Gasteiger partial charge in [0.15, 0.2) is 5.96 Å². The van der Waals surface area contributed by atoms with E-state index < -0.39 is 0 Å². The van der Waals surface area contributed by atoms with Crippen LogP contribution in [0.4, 0.5) is 0 Å². The smallest absolute Gasteiger partial charge is 0.191 e. The van der Waals surface area contributed by atoms with Crippen LogP contribution in [0.2, 0.25) is 0 Å². The number of aliphatic imine (C=N–C) groups is 1. The Morgan fingerprint density at radius 2 is 2.17 bits per heavy atom. The third-order valence-corrected chi connectivity index (χ3v) is 5.65. The van der Waals surface area contributed by atoms with Crippen LogP contribution in [0.25, 0.3) is 0 Å². The SMILES string of the molecule is CCNC(=NCc1ccc(C)cc1OCC1CCOC1)NCC1CCCN1C.I. The Kier molecular flexibility index (Phi) is 10.5. The zero-order valence-electron chi connectivity index (χ0n) is 18.1. The van der Waals surface area contributed by atoms with Crippen LogP contribution in [0.3, 0.4) is 0 Å². The zero-order valence-corrected chi connectivity index (χ0v) is 20.4. The van der Waals surface area contributed by atoms with Gasteiger partial charge in [-0.25, -0.2) is 4.99 Å². The lowest BCUT2D eigenvalue weighted by atomic mass is 10.1. The molecule has 2 unspecified atom stereocenters. The molecule has 0 spiro atoms. The number of hydrogen-bond acceptors (Lipinski definition) is 4. The summed E-state index contributed by atoms with van der Waals surface area (Å²) in [5.41, 5.74) is 2.33. The predicted molar refractivity (Wildman–Crippen MR) is 129 cm³/mol. The molecule has 29 heavy (non-hydrogen) atoms. The molecule has 2 N–H and O–H groups in total. The van der Waals surface area contributed by atoms with Crippen LogP contribution in [0.1, 0.15) is 37.3 Å². The first-order valence-electron chi connectivity index (χ1n) is 10.7. The summed E-state index contributed by atoms with van der Waals surface area (Å²) in [4.78, 5) is 7.24. The number of rotatable bonds is 8. The van der Waals surface area contributed by atoms with Crippen molar-refractivity contribution < 1.29 is 9.47 Å². The molecule has 2 fully saturated rings. The van der Waals surface area contributed by atoms with E-state index in [4.69, 9.17) is 14.5 Å². The second-order valence-corrected chi connectivity index (χ2v) is 8.00. The Hall–Kier alpha value is -1.06. The standard InChI is InChI=1S/C22H36N4O2.HI/c1-4-23-22(25-14-20-6-5-10-26(20)3)24-13-19-8-7-17(2)12-21(19)28-16-18-9-11-27-15-18;/h7-8,12,18,20H,4-6,9-11,13-16H2,1-3H3,(H2,23,24,25);1H. The van der Waals surface area contributed by atoms with Crippen molar-refractivity contribution in [3.63, 3.8) is 0 Å². The van der Waals surface area contributed by atoms with Crippen molar-refractivity contribution >= 4 is 29.9 Å². The number of benzene rings is 1. The molecule has 2 aliphatic heterocycles. The van der Waals surface area contributed by atoms with Gasteiger partial charge in [-0.1, -0.05) is 12.1 Å². The summed E-state index contributed by atoms with van der Waals surface area (Å²) in [6.07, 6.45) is 3.62. The van der Waals surface area contributed by atoms with Crippen molar-refractivity contribution in [2.75, 3.05) is 46.5 Å². The van der Waals surface area contributed by atoms with Gasteiger partial charge in [-0.05, 0) is 58.3 Å². The summed E-state index contributed by atoms with van der Waals surface area (Å²) in [6.45, 7) is 10.2. The molecule has 164 valence electrons. The van der Waals surface area contributed by atoms with E-state index in [1.165, 1.54) is 24.9 Å². The molecule has 3 rings (SSSR count). The fourth-order valence-corrected chi connectivity index (χ4v) is 3.81. The average Bonchev–Trinajstić information content (AvgIpc) is 3.35. The molecule has 2 saturated heterocycles. The van der Waals surface area contributed by atoms with Gasteiger partial charge in [-0.3, -0.25) is 0 Å². The first-order chi connectivity index (χ1) is 13.7. The number of halogens is 1. The summed E-state index contributed by atoms with van der Waals surface area (Å²) < 4.78 is 11.6. The number of aryl methyl sites for hydroxylation is 1. The monoisotopic (exact) mass is 516 g/mol. The van der Waals surface area contributed by atoms with Crippen LogP contribution in [-0.4, -0.2) is 63.4 Å². The molecule has 0 aliphatic carbocycles. The number of guanidine groups is 1. The average molecular weight is 516 g/mol. The van der Waals surface area contributed by atoms with Crippen molar-refractivity contribution in [3.8, 4) is 5.75 Å². The Morgan fingerprint density at radius 3 is 2.86 bits per heavy atom. The van der Waals surface area contributed by atoms with Crippen molar-refractivity contribution in [1.82, 2.24) is 15.5 Å². The molecule has 1 aromatic carbocycles. The molecule has 2 aliphatic rings. The zero-order chi connectivity index (χ0) is 19.8. The summed E-state index contributed by atoms with van der Waals surface area (Å²) in [6, 6.07) is 6.97. The number of ether oxygens (including phenoxy) is 2. The van der Waals surface area contributed by atoms with E-state index in [0.717, 1.165) is 50.0 Å². The first-order valence-corrected chi connectivity index (χ1v) is 10.7. The van der Waals surface area contributed by atoms with E-state index >= 15 is 0 Å². The molecule has 2 atom stereocenters. The van der Waals surface area contributed by atoms with E-state index in [9.17, 15) is 0 Å². The highest BCUT2D eigenvalue weighted by atomic mass is 127. The van der Waals surface area contributed by atoms with Crippen molar-refractivity contribution in [3.05, 3.63) is 29.3 Å². The van der Waals surface area contributed by atoms with E-state index in [0.29, 0.717) is 25.1 Å². The predicted octanol–water partition coefficient (Wildman–Crippen LogP) is 3.18. The van der Waals surface area contributed by atoms with Gasteiger partial charge in [0.25, 0.3) is 0 Å². The first kappa shape index (κ1) is 24.2. The molecule has 0 bridgehead atoms. The summed E-state index contributed by atoms with van der Waals surface area (Å²) in [5, 5.41) is 6.87. The maximum absolute atomic E-state index is 6.15. The number of nitrogens with one attached hydrogen (secondary N) is 2.